The fourth-order valence-corrected chi connectivity index (χ4v) is 2.79. The molecule has 0 atom stereocenters. The summed E-state index contributed by atoms with van der Waals surface area (Å²) < 4.78 is 0.980. The fourth-order valence-electron chi connectivity index (χ4n) is 2.52. The van der Waals surface area contributed by atoms with Crippen LogP contribution in [0.5, 0.6) is 0 Å². The summed E-state index contributed by atoms with van der Waals surface area (Å²) in [5, 5.41) is 13.3. The maximum atomic E-state index is 12.2. The molecule has 1 fully saturated rings. The number of hydrogen-bond acceptors (Lipinski definition) is 3. The lowest BCUT2D eigenvalue weighted by atomic mass is 9.94. The van der Waals surface area contributed by atoms with Gasteiger partial charge in [-0.15, -0.1) is 0 Å². The van der Waals surface area contributed by atoms with Crippen molar-refractivity contribution in [3.63, 3.8) is 0 Å². The maximum absolute atomic E-state index is 12.2. The predicted octanol–water partition coefficient (Wildman–Crippen LogP) is 2.89. The van der Waals surface area contributed by atoms with Crippen LogP contribution < -0.4 is 10.6 Å². The van der Waals surface area contributed by atoms with Crippen LogP contribution in [0.2, 0.25) is 0 Å². The zero-order valence-corrected chi connectivity index (χ0v) is 13.1. The topological polar surface area (TPSA) is 69.8 Å². The molecule has 0 unspecified atom stereocenters. The zero-order valence-electron chi connectivity index (χ0n) is 11.5. The molecule has 0 radical (unpaired) electrons. The van der Waals surface area contributed by atoms with E-state index in [1.54, 1.807) is 0 Å². The van der Waals surface area contributed by atoms with E-state index in [1.807, 2.05) is 30.3 Å². The van der Waals surface area contributed by atoms with E-state index in [9.17, 15) is 4.79 Å². The summed E-state index contributed by atoms with van der Waals surface area (Å²) in [6.45, 7) is 2.04. The first-order valence-electron chi connectivity index (χ1n) is 7.05. The van der Waals surface area contributed by atoms with E-state index in [-0.39, 0.29) is 5.91 Å². The Hall–Kier alpha value is -1.66. The van der Waals surface area contributed by atoms with E-state index in [1.165, 1.54) is 0 Å². The van der Waals surface area contributed by atoms with Crippen LogP contribution in [-0.4, -0.2) is 29.2 Å². The van der Waals surface area contributed by atoms with Crippen LogP contribution >= 0.6 is 15.9 Å². The molecular formula is C15H17BrN4O. The SMILES string of the molecule is O=C(Nc1ccc(Br)cc1)c1cc(C2CCNCC2)[nH]n1. The van der Waals surface area contributed by atoms with Crippen LogP contribution in [0.25, 0.3) is 0 Å². The minimum absolute atomic E-state index is 0.186. The molecule has 6 heteroatoms. The van der Waals surface area contributed by atoms with Crippen molar-refractivity contribution < 1.29 is 4.79 Å². The van der Waals surface area contributed by atoms with E-state index >= 15 is 0 Å². The Kier molecular flexibility index (Phi) is 4.36. The predicted molar refractivity (Wildman–Crippen MR) is 85.5 cm³/mol. The van der Waals surface area contributed by atoms with Crippen LogP contribution in [0.15, 0.2) is 34.8 Å². The number of rotatable bonds is 3. The molecule has 1 aliphatic rings. The van der Waals surface area contributed by atoms with Crippen molar-refractivity contribution in [3.8, 4) is 0 Å². The third-order valence-corrected chi connectivity index (χ3v) is 4.24. The summed E-state index contributed by atoms with van der Waals surface area (Å²) >= 11 is 3.37. The molecule has 1 aliphatic heterocycles. The summed E-state index contributed by atoms with van der Waals surface area (Å²) in [5.41, 5.74) is 2.25. The van der Waals surface area contributed by atoms with Crippen LogP contribution in [0.4, 0.5) is 5.69 Å². The molecule has 0 aliphatic carbocycles. The molecule has 3 N–H and O–H groups in total. The van der Waals surface area contributed by atoms with Crippen molar-refractivity contribution in [2.45, 2.75) is 18.8 Å². The number of amides is 1. The van der Waals surface area contributed by atoms with Crippen molar-refractivity contribution >= 4 is 27.5 Å². The van der Waals surface area contributed by atoms with E-state index in [0.29, 0.717) is 11.6 Å². The molecule has 1 saturated heterocycles. The Morgan fingerprint density at radius 3 is 2.67 bits per heavy atom. The molecule has 0 bridgehead atoms. The highest BCUT2D eigenvalue weighted by Gasteiger charge is 2.19. The molecule has 2 heterocycles. The number of piperidine rings is 1. The van der Waals surface area contributed by atoms with Gasteiger partial charge in [-0.1, -0.05) is 15.9 Å². The third kappa shape index (κ3) is 3.51. The number of hydrogen-bond donors (Lipinski definition) is 3. The van der Waals surface area contributed by atoms with Gasteiger partial charge >= 0.3 is 0 Å². The van der Waals surface area contributed by atoms with Crippen LogP contribution in [0.1, 0.15) is 34.9 Å². The van der Waals surface area contributed by atoms with Crippen molar-refractivity contribution in [3.05, 3.63) is 46.2 Å². The Labute approximate surface area is 131 Å². The van der Waals surface area contributed by atoms with Crippen molar-refractivity contribution in [1.82, 2.24) is 15.5 Å². The fraction of sp³-hybridized carbons (Fsp3) is 0.333. The molecule has 21 heavy (non-hydrogen) atoms. The molecule has 0 saturated carbocycles. The quantitative estimate of drug-likeness (QED) is 0.798. The second-order valence-electron chi connectivity index (χ2n) is 5.19. The lowest BCUT2D eigenvalue weighted by Crippen LogP contribution is -2.26. The number of anilines is 1. The van der Waals surface area contributed by atoms with E-state index in [4.69, 9.17) is 0 Å². The highest BCUT2D eigenvalue weighted by molar-refractivity contribution is 9.10. The summed E-state index contributed by atoms with van der Waals surface area (Å²) in [5.74, 6) is 0.279. The number of halogens is 1. The Bertz CT molecular complexity index is 617. The van der Waals surface area contributed by atoms with Crippen LogP contribution in [0.3, 0.4) is 0 Å². The zero-order chi connectivity index (χ0) is 14.7. The lowest BCUT2D eigenvalue weighted by molar-refractivity contribution is 0.102. The molecule has 110 valence electrons. The van der Waals surface area contributed by atoms with Gasteiger partial charge in [0.25, 0.3) is 5.91 Å². The van der Waals surface area contributed by atoms with Crippen LogP contribution in [0, 0.1) is 0 Å². The Morgan fingerprint density at radius 2 is 1.95 bits per heavy atom. The average Bonchev–Trinajstić information content (AvgIpc) is 3.00. The minimum Gasteiger partial charge on any atom is -0.321 e. The Morgan fingerprint density at radius 1 is 1.24 bits per heavy atom. The number of carbonyl (C=O) groups is 1. The van der Waals surface area contributed by atoms with Gasteiger partial charge in [0.2, 0.25) is 0 Å². The van der Waals surface area contributed by atoms with E-state index in [2.05, 4.69) is 36.8 Å². The number of nitrogens with one attached hydrogen (secondary N) is 3. The van der Waals surface area contributed by atoms with Gasteiger partial charge in [-0.05, 0) is 56.3 Å². The van der Waals surface area contributed by atoms with Gasteiger partial charge in [-0.3, -0.25) is 9.89 Å². The highest BCUT2D eigenvalue weighted by Crippen LogP contribution is 2.24. The summed E-state index contributed by atoms with van der Waals surface area (Å²) in [6.07, 6.45) is 2.16. The first-order chi connectivity index (χ1) is 10.2. The van der Waals surface area contributed by atoms with Gasteiger partial charge in [0, 0.05) is 21.8 Å². The smallest absolute Gasteiger partial charge is 0.276 e. The summed E-state index contributed by atoms with van der Waals surface area (Å²) in [4.78, 5) is 12.2. The number of nitrogens with zero attached hydrogens (tertiary/aromatic N) is 1. The number of carbonyl (C=O) groups excluding carboxylic acids is 1. The van der Waals surface area contributed by atoms with Gasteiger partial charge in [0.15, 0.2) is 5.69 Å². The molecule has 5 nitrogen and oxygen atoms in total. The second kappa shape index (κ2) is 6.41. The summed E-state index contributed by atoms with van der Waals surface area (Å²) in [7, 11) is 0. The number of aromatic nitrogens is 2. The molecular weight excluding hydrogens is 332 g/mol. The number of benzene rings is 1. The number of aromatic amines is 1. The molecule has 1 amide bonds. The normalized spacial score (nSPS) is 15.9. The van der Waals surface area contributed by atoms with Gasteiger partial charge in [0.05, 0.1) is 0 Å². The summed E-state index contributed by atoms with van der Waals surface area (Å²) in [6, 6.07) is 9.34. The maximum Gasteiger partial charge on any atom is 0.276 e. The minimum atomic E-state index is -0.186. The Balaban J connectivity index is 1.67. The monoisotopic (exact) mass is 348 g/mol. The van der Waals surface area contributed by atoms with Gasteiger partial charge in [-0.25, -0.2) is 0 Å². The largest absolute Gasteiger partial charge is 0.321 e. The van der Waals surface area contributed by atoms with Crippen molar-refractivity contribution in [2.24, 2.45) is 0 Å². The van der Waals surface area contributed by atoms with Crippen LogP contribution in [-0.2, 0) is 0 Å². The molecule has 1 aromatic carbocycles. The highest BCUT2D eigenvalue weighted by atomic mass is 79.9. The lowest BCUT2D eigenvalue weighted by Gasteiger charge is -2.20. The molecule has 0 spiro atoms. The third-order valence-electron chi connectivity index (χ3n) is 3.71. The van der Waals surface area contributed by atoms with Crippen molar-refractivity contribution in [2.75, 3.05) is 18.4 Å². The molecule has 1 aromatic heterocycles. The standard InChI is InChI=1S/C15H17BrN4O/c16-11-1-3-12(4-2-11)18-15(21)14-9-13(19-20-14)10-5-7-17-8-6-10/h1-4,9-10,17H,5-8H2,(H,18,21)(H,19,20). The molecule has 2 aromatic rings. The van der Waals surface area contributed by atoms with Crippen molar-refractivity contribution in [1.29, 1.82) is 0 Å². The van der Waals surface area contributed by atoms with Gasteiger partial charge in [0.1, 0.15) is 0 Å². The van der Waals surface area contributed by atoms with E-state index in [0.717, 1.165) is 41.8 Å². The second-order valence-corrected chi connectivity index (χ2v) is 6.11. The molecule has 3 rings (SSSR count). The first kappa shape index (κ1) is 14.3. The van der Waals surface area contributed by atoms with E-state index < -0.39 is 0 Å². The average molecular weight is 349 g/mol. The van der Waals surface area contributed by atoms with Gasteiger partial charge < -0.3 is 10.6 Å². The first-order valence-corrected chi connectivity index (χ1v) is 7.84. The van der Waals surface area contributed by atoms with Gasteiger partial charge in [-0.2, -0.15) is 5.10 Å². The number of H-pyrrole nitrogens is 1.